The number of hydrogen-bond acceptors (Lipinski definition) is 3. The van der Waals surface area contributed by atoms with E-state index in [0.29, 0.717) is 11.3 Å². The summed E-state index contributed by atoms with van der Waals surface area (Å²) in [5, 5.41) is 20.6. The molecule has 2 N–H and O–H groups in total. The predicted molar refractivity (Wildman–Crippen MR) is 67.2 cm³/mol. The highest BCUT2D eigenvalue weighted by Gasteiger charge is 2.12. The van der Waals surface area contributed by atoms with Crippen LogP contribution in [0.25, 0.3) is 0 Å². The van der Waals surface area contributed by atoms with Crippen LogP contribution in [0.3, 0.4) is 0 Å². The van der Waals surface area contributed by atoms with Crippen LogP contribution in [0.15, 0.2) is 42.5 Å². The molecule has 94 valence electrons. The number of amides is 1. The van der Waals surface area contributed by atoms with Gasteiger partial charge in [-0.05, 0) is 42.5 Å². The monoisotopic (exact) mass is 256 g/mol. The smallest absolute Gasteiger partial charge is 0.259 e. The van der Waals surface area contributed by atoms with Gasteiger partial charge in [0.25, 0.3) is 5.91 Å². The molecule has 0 spiro atoms. The van der Waals surface area contributed by atoms with Crippen LogP contribution < -0.4 is 5.32 Å². The van der Waals surface area contributed by atoms with Gasteiger partial charge in [-0.15, -0.1) is 0 Å². The Bertz CT molecular complexity index is 660. The van der Waals surface area contributed by atoms with E-state index in [2.05, 4.69) is 5.32 Å². The first-order chi connectivity index (χ1) is 9.10. The zero-order chi connectivity index (χ0) is 13.8. The zero-order valence-electron chi connectivity index (χ0n) is 9.72. The molecule has 0 fully saturated rings. The molecule has 0 unspecified atom stereocenters. The molecule has 1 amide bonds. The Kier molecular flexibility index (Phi) is 3.44. The van der Waals surface area contributed by atoms with Gasteiger partial charge in [-0.25, -0.2) is 4.39 Å². The highest BCUT2D eigenvalue weighted by molar-refractivity contribution is 6.06. The quantitative estimate of drug-likeness (QED) is 0.867. The summed E-state index contributed by atoms with van der Waals surface area (Å²) in [5.74, 6) is -1.53. The van der Waals surface area contributed by atoms with Gasteiger partial charge in [0.15, 0.2) is 0 Å². The van der Waals surface area contributed by atoms with Crippen LogP contribution in [-0.4, -0.2) is 11.0 Å². The van der Waals surface area contributed by atoms with Gasteiger partial charge in [-0.3, -0.25) is 4.79 Å². The predicted octanol–water partition coefficient (Wildman–Crippen LogP) is 2.66. The average Bonchev–Trinajstić information content (AvgIpc) is 2.42. The molecule has 4 nitrogen and oxygen atoms in total. The van der Waals surface area contributed by atoms with E-state index in [1.165, 1.54) is 0 Å². The molecule has 0 aliphatic heterocycles. The number of nitrogens with zero attached hydrogens (tertiary/aromatic N) is 1. The molecule has 5 heteroatoms. The normalized spacial score (nSPS) is 9.68. The van der Waals surface area contributed by atoms with Crippen LogP contribution in [0.4, 0.5) is 10.1 Å². The largest absolute Gasteiger partial charge is 0.507 e. The second-order valence-electron chi connectivity index (χ2n) is 3.80. The summed E-state index contributed by atoms with van der Waals surface area (Å²) in [6, 6.07) is 11.3. The third-order valence-electron chi connectivity index (χ3n) is 2.48. The van der Waals surface area contributed by atoms with E-state index in [1.54, 1.807) is 24.3 Å². The van der Waals surface area contributed by atoms with E-state index >= 15 is 0 Å². The van der Waals surface area contributed by atoms with Crippen LogP contribution in [-0.2, 0) is 0 Å². The van der Waals surface area contributed by atoms with Crippen LogP contribution >= 0.6 is 0 Å². The van der Waals surface area contributed by atoms with Crippen molar-refractivity contribution >= 4 is 11.6 Å². The molecule has 2 rings (SSSR count). The second-order valence-corrected chi connectivity index (χ2v) is 3.80. The second kappa shape index (κ2) is 5.19. The highest BCUT2D eigenvalue weighted by Crippen LogP contribution is 2.19. The first-order valence-electron chi connectivity index (χ1n) is 5.40. The number of halogens is 1. The summed E-state index contributed by atoms with van der Waals surface area (Å²) in [4.78, 5) is 11.8. The standard InChI is InChI=1S/C14H9FN2O2/c15-10-3-6-13(18)12(7-10)14(19)17-11-4-1-9(8-16)2-5-11/h1-7,18H,(H,17,19). The number of benzene rings is 2. The zero-order valence-corrected chi connectivity index (χ0v) is 9.72. The lowest BCUT2D eigenvalue weighted by molar-refractivity contribution is 0.102. The fraction of sp³-hybridized carbons (Fsp3) is 0. The van der Waals surface area contributed by atoms with Gasteiger partial charge in [0, 0.05) is 5.69 Å². The molecule has 0 aliphatic carbocycles. The van der Waals surface area contributed by atoms with Crippen molar-refractivity contribution in [2.45, 2.75) is 0 Å². The summed E-state index contributed by atoms with van der Waals surface area (Å²) in [5.41, 5.74) is 0.767. The Labute approximate surface area is 108 Å². The first-order valence-corrected chi connectivity index (χ1v) is 5.40. The van der Waals surface area contributed by atoms with Crippen LogP contribution in [0.2, 0.25) is 0 Å². The minimum Gasteiger partial charge on any atom is -0.507 e. The number of carbonyl (C=O) groups is 1. The minimum atomic E-state index is -0.623. The van der Waals surface area contributed by atoms with Crippen molar-refractivity contribution in [2.24, 2.45) is 0 Å². The summed E-state index contributed by atoms with van der Waals surface area (Å²) in [6.07, 6.45) is 0. The lowest BCUT2D eigenvalue weighted by atomic mass is 10.1. The summed E-state index contributed by atoms with van der Waals surface area (Å²) >= 11 is 0. The van der Waals surface area contributed by atoms with Gasteiger partial charge in [-0.2, -0.15) is 5.26 Å². The number of hydrogen-bond donors (Lipinski definition) is 2. The van der Waals surface area contributed by atoms with Gasteiger partial charge >= 0.3 is 0 Å². The fourth-order valence-electron chi connectivity index (χ4n) is 1.52. The van der Waals surface area contributed by atoms with Gasteiger partial charge in [0.05, 0.1) is 17.2 Å². The number of nitrogens with one attached hydrogen (secondary N) is 1. The molecule has 0 atom stereocenters. The summed E-state index contributed by atoms with van der Waals surface area (Å²) in [6.45, 7) is 0. The third-order valence-corrected chi connectivity index (χ3v) is 2.48. The van der Waals surface area contributed by atoms with E-state index in [1.807, 2.05) is 6.07 Å². The SMILES string of the molecule is N#Cc1ccc(NC(=O)c2cc(F)ccc2O)cc1. The lowest BCUT2D eigenvalue weighted by Crippen LogP contribution is -2.12. The molecule has 2 aromatic carbocycles. The number of nitriles is 1. The molecule has 0 saturated heterocycles. The number of phenols is 1. The molecular formula is C14H9FN2O2. The Morgan fingerprint density at radius 3 is 2.53 bits per heavy atom. The first kappa shape index (κ1) is 12.6. The van der Waals surface area contributed by atoms with E-state index in [4.69, 9.17) is 5.26 Å². The maximum Gasteiger partial charge on any atom is 0.259 e. The molecule has 0 saturated carbocycles. The Hall–Kier alpha value is -2.87. The summed E-state index contributed by atoms with van der Waals surface area (Å²) in [7, 11) is 0. The van der Waals surface area contributed by atoms with E-state index in [9.17, 15) is 14.3 Å². The maximum absolute atomic E-state index is 13.0. The van der Waals surface area contributed by atoms with Crippen molar-refractivity contribution in [3.8, 4) is 11.8 Å². The lowest BCUT2D eigenvalue weighted by Gasteiger charge is -2.06. The van der Waals surface area contributed by atoms with Crippen LogP contribution in [0, 0.1) is 17.1 Å². The van der Waals surface area contributed by atoms with Gasteiger partial charge < -0.3 is 10.4 Å². The number of rotatable bonds is 2. The molecule has 0 bridgehead atoms. The molecule has 0 aromatic heterocycles. The topological polar surface area (TPSA) is 73.1 Å². The van der Waals surface area contributed by atoms with Gasteiger partial charge in [-0.1, -0.05) is 0 Å². The van der Waals surface area contributed by atoms with Crippen molar-refractivity contribution in [1.82, 2.24) is 0 Å². The fourth-order valence-corrected chi connectivity index (χ4v) is 1.52. The minimum absolute atomic E-state index is 0.149. The molecule has 0 radical (unpaired) electrons. The van der Waals surface area contributed by atoms with Crippen LogP contribution in [0.1, 0.15) is 15.9 Å². The number of carbonyl (C=O) groups excluding carboxylic acids is 1. The van der Waals surface area contributed by atoms with E-state index < -0.39 is 11.7 Å². The average molecular weight is 256 g/mol. The van der Waals surface area contributed by atoms with Crippen molar-refractivity contribution in [2.75, 3.05) is 5.32 Å². The number of anilines is 1. The van der Waals surface area contributed by atoms with Gasteiger partial charge in [0.2, 0.25) is 0 Å². The number of aromatic hydroxyl groups is 1. The molecular weight excluding hydrogens is 247 g/mol. The summed E-state index contributed by atoms with van der Waals surface area (Å²) < 4.78 is 13.0. The molecule has 19 heavy (non-hydrogen) atoms. The highest BCUT2D eigenvalue weighted by atomic mass is 19.1. The Morgan fingerprint density at radius 1 is 1.21 bits per heavy atom. The maximum atomic E-state index is 13.0. The third kappa shape index (κ3) is 2.87. The van der Waals surface area contributed by atoms with Crippen molar-refractivity contribution in [3.63, 3.8) is 0 Å². The van der Waals surface area contributed by atoms with Crippen molar-refractivity contribution in [1.29, 1.82) is 5.26 Å². The number of phenolic OH excluding ortho intramolecular Hbond substituents is 1. The van der Waals surface area contributed by atoms with Crippen molar-refractivity contribution in [3.05, 3.63) is 59.4 Å². The van der Waals surface area contributed by atoms with E-state index in [-0.39, 0.29) is 11.3 Å². The van der Waals surface area contributed by atoms with Crippen LogP contribution in [0.5, 0.6) is 5.75 Å². The van der Waals surface area contributed by atoms with E-state index in [0.717, 1.165) is 18.2 Å². The van der Waals surface area contributed by atoms with Crippen molar-refractivity contribution < 1.29 is 14.3 Å². The molecule has 0 aliphatic rings. The van der Waals surface area contributed by atoms with Gasteiger partial charge in [0.1, 0.15) is 11.6 Å². The Morgan fingerprint density at radius 2 is 1.89 bits per heavy atom. The Balaban J connectivity index is 2.21. The molecule has 0 heterocycles. The molecule has 2 aromatic rings.